The summed E-state index contributed by atoms with van der Waals surface area (Å²) in [6, 6.07) is 0. The van der Waals surface area contributed by atoms with Crippen LogP contribution in [0.4, 0.5) is 0 Å². The molecule has 0 aromatic carbocycles. The lowest BCUT2D eigenvalue weighted by molar-refractivity contribution is 1.22. The highest BCUT2D eigenvalue weighted by atomic mass is 13.7. The van der Waals surface area contributed by atoms with Crippen molar-refractivity contribution in [3.05, 3.63) is 29.5 Å². The first kappa shape index (κ1) is 8.26. The van der Waals surface area contributed by atoms with Gasteiger partial charge in [-0.2, -0.15) is 0 Å². The van der Waals surface area contributed by atoms with Crippen LogP contribution in [0.15, 0.2) is 29.5 Å². The van der Waals surface area contributed by atoms with Crippen molar-refractivity contribution in [1.82, 2.24) is 0 Å². The second kappa shape index (κ2) is 5.40. The minimum atomic E-state index is 1.10. The first-order chi connectivity index (χ1) is 4.27. The Morgan fingerprint density at radius 3 is 2.56 bits per heavy atom. The zero-order chi connectivity index (χ0) is 7.11. The number of allylic oxidation sites excluding steroid dienone is 3. The molecule has 0 heteroatoms. The van der Waals surface area contributed by atoms with Gasteiger partial charge in [0.2, 0.25) is 0 Å². The molecule has 0 fully saturated rings. The van der Waals surface area contributed by atoms with E-state index >= 15 is 0 Å². The maximum absolute atomic E-state index is 3.09. The van der Waals surface area contributed by atoms with Gasteiger partial charge in [0, 0.05) is 0 Å². The van der Waals surface area contributed by atoms with E-state index in [1.54, 1.807) is 0 Å². The number of hydrogen-bond donors (Lipinski definition) is 0. The van der Waals surface area contributed by atoms with Crippen molar-refractivity contribution in [3.8, 4) is 0 Å². The first-order valence-corrected chi connectivity index (χ1v) is 3.32. The molecule has 0 amide bonds. The largest absolute Gasteiger partial charge is 0.122 e. The van der Waals surface area contributed by atoms with Crippen molar-refractivity contribution in [1.29, 1.82) is 0 Å². The lowest BCUT2D eigenvalue weighted by atomic mass is 10.3. The van der Waals surface area contributed by atoms with Crippen LogP contribution in [0, 0.1) is 0 Å². The highest BCUT2D eigenvalue weighted by Gasteiger charge is 1.64. The minimum Gasteiger partial charge on any atom is -0.122 e. The lowest BCUT2D eigenvalue weighted by Gasteiger charge is -1.74. The van der Waals surface area contributed by atoms with Gasteiger partial charge >= 0.3 is 0 Å². The monoisotopic (exact) mass is 122 g/mol. The van der Waals surface area contributed by atoms with Gasteiger partial charge in [0.25, 0.3) is 0 Å². The molecule has 0 aromatic heterocycles. The number of hydrogen-bond acceptors (Lipinski definition) is 0. The van der Waals surface area contributed by atoms with Gasteiger partial charge < -0.3 is 0 Å². The molecule has 0 heterocycles. The van der Waals surface area contributed by atoms with Crippen LogP contribution in [-0.4, -0.2) is 0 Å². The van der Waals surface area contributed by atoms with Gasteiger partial charge in [-0.25, -0.2) is 0 Å². The summed E-state index contributed by atoms with van der Waals surface area (Å²) in [5.41, 5.74) is 4.30. The predicted octanol–water partition coefficient (Wildman–Crippen LogP) is 3.07. The summed E-state index contributed by atoms with van der Waals surface area (Å²) < 4.78 is 0. The average molecular weight is 122 g/mol. The van der Waals surface area contributed by atoms with Gasteiger partial charge in [-0.3, -0.25) is 0 Å². The third-order valence-corrected chi connectivity index (χ3v) is 0.840. The van der Waals surface area contributed by atoms with Gasteiger partial charge in [-0.1, -0.05) is 19.1 Å². The molecule has 0 unspecified atom stereocenters. The van der Waals surface area contributed by atoms with E-state index in [4.69, 9.17) is 0 Å². The maximum atomic E-state index is 3.09. The topological polar surface area (TPSA) is 0 Å². The van der Waals surface area contributed by atoms with Gasteiger partial charge in [0.1, 0.15) is 0 Å². The highest BCUT2D eigenvalue weighted by molar-refractivity contribution is 5.05. The quantitative estimate of drug-likeness (QED) is 0.390. The molecule has 0 saturated heterocycles. The SMILES string of the molecule is CCC=CC=C=C(C)C. The van der Waals surface area contributed by atoms with Crippen LogP contribution in [0.3, 0.4) is 0 Å². The fourth-order valence-electron chi connectivity index (χ4n) is 0.419. The van der Waals surface area contributed by atoms with E-state index < -0.39 is 0 Å². The van der Waals surface area contributed by atoms with Gasteiger partial charge in [-0.15, -0.1) is 5.73 Å². The van der Waals surface area contributed by atoms with E-state index in [2.05, 4.69) is 18.7 Å². The molecule has 0 rings (SSSR count). The van der Waals surface area contributed by atoms with Crippen molar-refractivity contribution >= 4 is 0 Å². The van der Waals surface area contributed by atoms with E-state index in [0.29, 0.717) is 0 Å². The fourth-order valence-corrected chi connectivity index (χ4v) is 0.419. The summed E-state index contributed by atoms with van der Waals surface area (Å²) in [6.45, 7) is 6.19. The minimum absolute atomic E-state index is 1.10. The molecule has 0 aliphatic carbocycles. The predicted molar refractivity (Wildman–Crippen MR) is 42.4 cm³/mol. The van der Waals surface area contributed by atoms with Crippen molar-refractivity contribution < 1.29 is 0 Å². The zero-order valence-corrected chi connectivity index (χ0v) is 6.44. The van der Waals surface area contributed by atoms with E-state index in [0.717, 1.165) is 6.42 Å². The molecule has 0 atom stereocenters. The highest BCUT2D eigenvalue weighted by Crippen LogP contribution is 1.84. The van der Waals surface area contributed by atoms with Crippen LogP contribution >= 0.6 is 0 Å². The Balaban J connectivity index is 3.73. The zero-order valence-electron chi connectivity index (χ0n) is 6.44. The second-order valence-electron chi connectivity index (χ2n) is 2.15. The Morgan fingerprint density at radius 2 is 2.11 bits per heavy atom. The molecule has 0 saturated carbocycles. The van der Waals surface area contributed by atoms with Crippen LogP contribution < -0.4 is 0 Å². The Bertz CT molecular complexity index is 139. The van der Waals surface area contributed by atoms with Gasteiger partial charge in [-0.05, 0) is 31.9 Å². The van der Waals surface area contributed by atoms with Crippen LogP contribution in [-0.2, 0) is 0 Å². The van der Waals surface area contributed by atoms with Crippen LogP contribution in [0.25, 0.3) is 0 Å². The standard InChI is InChI=1S/C9H14/c1-4-5-6-7-8-9(2)3/h5-7H,4H2,1-3H3. The van der Waals surface area contributed by atoms with Crippen molar-refractivity contribution in [3.63, 3.8) is 0 Å². The lowest BCUT2D eigenvalue weighted by Crippen LogP contribution is -1.53. The molecular weight excluding hydrogens is 108 g/mol. The maximum Gasteiger partial charge on any atom is -0.0204 e. The summed E-state index contributed by atoms with van der Waals surface area (Å²) in [5, 5.41) is 0. The molecule has 50 valence electrons. The summed E-state index contributed by atoms with van der Waals surface area (Å²) in [7, 11) is 0. The van der Waals surface area contributed by atoms with Crippen LogP contribution in [0.2, 0.25) is 0 Å². The molecule has 0 aliphatic rings. The molecule has 0 bridgehead atoms. The van der Waals surface area contributed by atoms with Crippen LogP contribution in [0.5, 0.6) is 0 Å². The molecule has 0 spiro atoms. The summed E-state index contributed by atoms with van der Waals surface area (Å²) in [5.74, 6) is 0. The summed E-state index contributed by atoms with van der Waals surface area (Å²) >= 11 is 0. The molecule has 0 nitrogen and oxygen atoms in total. The smallest absolute Gasteiger partial charge is 0.0204 e. The fraction of sp³-hybridized carbons (Fsp3) is 0.444. The molecule has 9 heavy (non-hydrogen) atoms. The van der Waals surface area contributed by atoms with Crippen molar-refractivity contribution in [2.45, 2.75) is 27.2 Å². The van der Waals surface area contributed by atoms with E-state index in [-0.39, 0.29) is 0 Å². The molecule has 0 aromatic rings. The molecule has 0 aliphatic heterocycles. The Labute approximate surface area is 57.6 Å². The van der Waals surface area contributed by atoms with Gasteiger partial charge in [0.15, 0.2) is 0 Å². The van der Waals surface area contributed by atoms with Gasteiger partial charge in [0.05, 0.1) is 0 Å². The van der Waals surface area contributed by atoms with E-state index in [1.807, 2.05) is 26.0 Å². The Morgan fingerprint density at radius 1 is 1.44 bits per heavy atom. The first-order valence-electron chi connectivity index (χ1n) is 3.32. The third kappa shape index (κ3) is 7.26. The summed E-state index contributed by atoms with van der Waals surface area (Å²) in [6.07, 6.45) is 7.17. The van der Waals surface area contributed by atoms with Crippen LogP contribution in [0.1, 0.15) is 27.2 Å². The van der Waals surface area contributed by atoms with Crippen molar-refractivity contribution in [2.75, 3.05) is 0 Å². The number of rotatable bonds is 2. The molecule has 0 N–H and O–H groups in total. The second-order valence-corrected chi connectivity index (χ2v) is 2.15. The Kier molecular flexibility index (Phi) is 4.95. The molecule has 0 radical (unpaired) electrons. The van der Waals surface area contributed by atoms with E-state index in [1.165, 1.54) is 5.57 Å². The molecular formula is C9H14. The van der Waals surface area contributed by atoms with Crippen molar-refractivity contribution in [2.24, 2.45) is 0 Å². The Hall–Kier alpha value is -0.740. The normalized spacial score (nSPS) is 9.22. The average Bonchev–Trinajstić information content (AvgIpc) is 1.80. The van der Waals surface area contributed by atoms with E-state index in [9.17, 15) is 0 Å². The summed E-state index contributed by atoms with van der Waals surface area (Å²) in [4.78, 5) is 0. The third-order valence-electron chi connectivity index (χ3n) is 0.840.